The van der Waals surface area contributed by atoms with E-state index in [-0.39, 0.29) is 16.4 Å². The molecule has 2 rings (SSSR count). The van der Waals surface area contributed by atoms with Crippen LogP contribution in [0.5, 0.6) is 0 Å². The number of rotatable bonds is 5. The topological polar surface area (TPSA) is 75.3 Å². The van der Waals surface area contributed by atoms with Crippen LogP contribution >= 0.6 is 11.6 Å². The van der Waals surface area contributed by atoms with E-state index in [0.717, 1.165) is 5.56 Å². The number of carbonyl (C=O) groups is 1. The summed E-state index contributed by atoms with van der Waals surface area (Å²) in [7, 11) is -2.25. The van der Waals surface area contributed by atoms with Gasteiger partial charge < -0.3 is 5.32 Å². The zero-order chi connectivity index (χ0) is 16.2. The van der Waals surface area contributed by atoms with Crippen molar-refractivity contribution in [1.29, 1.82) is 0 Å². The van der Waals surface area contributed by atoms with Gasteiger partial charge in [0.2, 0.25) is 10.0 Å². The van der Waals surface area contributed by atoms with E-state index in [1.165, 1.54) is 25.2 Å². The Morgan fingerprint density at radius 2 is 1.82 bits per heavy atom. The minimum absolute atomic E-state index is 0.0501. The molecule has 0 aliphatic carbocycles. The van der Waals surface area contributed by atoms with Crippen LogP contribution in [0.3, 0.4) is 0 Å². The molecule has 2 N–H and O–H groups in total. The Morgan fingerprint density at radius 3 is 2.45 bits per heavy atom. The first-order valence-corrected chi connectivity index (χ1v) is 8.35. The van der Waals surface area contributed by atoms with E-state index < -0.39 is 10.0 Å². The maximum atomic E-state index is 12.1. The first kappa shape index (κ1) is 16.5. The summed E-state index contributed by atoms with van der Waals surface area (Å²) in [5.74, 6) is -0.344. The van der Waals surface area contributed by atoms with Crippen LogP contribution in [0.15, 0.2) is 53.4 Å². The Labute approximate surface area is 134 Å². The standard InChI is InChI=1S/C15H15ClN2O3S/c1-17-22(20,21)14-4-2-3-12(9-14)15(19)18-10-11-5-7-13(16)8-6-11/h2-9,17H,10H2,1H3,(H,18,19). The molecule has 22 heavy (non-hydrogen) atoms. The highest BCUT2D eigenvalue weighted by Crippen LogP contribution is 2.12. The lowest BCUT2D eigenvalue weighted by atomic mass is 10.2. The van der Waals surface area contributed by atoms with Gasteiger partial charge in [-0.15, -0.1) is 0 Å². The number of hydrogen-bond donors (Lipinski definition) is 2. The number of hydrogen-bond acceptors (Lipinski definition) is 3. The summed E-state index contributed by atoms with van der Waals surface area (Å²) in [5.41, 5.74) is 1.18. The first-order valence-electron chi connectivity index (χ1n) is 6.48. The third-order valence-corrected chi connectivity index (χ3v) is 4.71. The fourth-order valence-corrected chi connectivity index (χ4v) is 2.71. The largest absolute Gasteiger partial charge is 0.348 e. The number of carbonyl (C=O) groups excluding carboxylic acids is 1. The van der Waals surface area contributed by atoms with Gasteiger partial charge in [-0.1, -0.05) is 29.8 Å². The number of benzene rings is 2. The van der Waals surface area contributed by atoms with Gasteiger partial charge in [0.05, 0.1) is 4.90 Å². The second kappa shape index (κ2) is 6.91. The van der Waals surface area contributed by atoms with Crippen LogP contribution < -0.4 is 10.0 Å². The number of sulfonamides is 1. The summed E-state index contributed by atoms with van der Waals surface area (Å²) in [6.45, 7) is 0.332. The predicted molar refractivity (Wildman–Crippen MR) is 85.3 cm³/mol. The highest BCUT2D eigenvalue weighted by molar-refractivity contribution is 7.89. The average molecular weight is 339 g/mol. The summed E-state index contributed by atoms with van der Waals surface area (Å²) in [4.78, 5) is 12.2. The normalized spacial score (nSPS) is 11.2. The molecule has 0 aromatic heterocycles. The molecule has 0 fully saturated rings. The monoisotopic (exact) mass is 338 g/mol. The van der Waals surface area contributed by atoms with E-state index >= 15 is 0 Å². The molecule has 0 heterocycles. The van der Waals surface area contributed by atoms with Crippen LogP contribution in [0.4, 0.5) is 0 Å². The number of amides is 1. The van der Waals surface area contributed by atoms with Gasteiger partial charge in [0.1, 0.15) is 0 Å². The zero-order valence-electron chi connectivity index (χ0n) is 11.8. The van der Waals surface area contributed by atoms with Crippen LogP contribution in [-0.2, 0) is 16.6 Å². The third-order valence-electron chi connectivity index (χ3n) is 3.04. The fourth-order valence-electron chi connectivity index (χ4n) is 1.81. The Balaban J connectivity index is 2.10. The molecule has 2 aromatic carbocycles. The Kier molecular flexibility index (Phi) is 5.18. The van der Waals surface area contributed by atoms with Gasteiger partial charge >= 0.3 is 0 Å². The molecule has 5 nitrogen and oxygen atoms in total. The van der Waals surface area contributed by atoms with E-state index in [0.29, 0.717) is 11.6 Å². The van der Waals surface area contributed by atoms with Crippen molar-refractivity contribution in [3.8, 4) is 0 Å². The van der Waals surface area contributed by atoms with Crippen LogP contribution in [0.1, 0.15) is 15.9 Å². The van der Waals surface area contributed by atoms with Crippen LogP contribution in [0.25, 0.3) is 0 Å². The molecule has 0 atom stereocenters. The lowest BCUT2D eigenvalue weighted by Gasteiger charge is -2.07. The lowest BCUT2D eigenvalue weighted by molar-refractivity contribution is 0.0950. The molecule has 0 aliphatic heterocycles. The minimum atomic E-state index is -3.57. The van der Waals surface area contributed by atoms with Gasteiger partial charge in [0, 0.05) is 17.1 Å². The van der Waals surface area contributed by atoms with Gasteiger partial charge in [0.15, 0.2) is 0 Å². The molecule has 0 unspecified atom stereocenters. The highest BCUT2D eigenvalue weighted by atomic mass is 35.5. The number of nitrogens with one attached hydrogen (secondary N) is 2. The van der Waals surface area contributed by atoms with E-state index in [4.69, 9.17) is 11.6 Å². The van der Waals surface area contributed by atoms with Crippen molar-refractivity contribution in [3.05, 3.63) is 64.7 Å². The molecule has 116 valence electrons. The van der Waals surface area contributed by atoms with Crippen molar-refractivity contribution in [2.45, 2.75) is 11.4 Å². The van der Waals surface area contributed by atoms with Crippen molar-refractivity contribution in [1.82, 2.24) is 10.0 Å². The van der Waals surface area contributed by atoms with E-state index in [2.05, 4.69) is 10.0 Å². The van der Waals surface area contributed by atoms with Crippen LogP contribution in [0, 0.1) is 0 Å². The van der Waals surface area contributed by atoms with E-state index in [9.17, 15) is 13.2 Å². The summed E-state index contributed by atoms with van der Waals surface area (Å²) < 4.78 is 25.7. The van der Waals surface area contributed by atoms with Crippen molar-refractivity contribution in [2.75, 3.05) is 7.05 Å². The Bertz CT molecular complexity index is 774. The maximum Gasteiger partial charge on any atom is 0.251 e. The Hall–Kier alpha value is -1.89. The fraction of sp³-hybridized carbons (Fsp3) is 0.133. The smallest absolute Gasteiger partial charge is 0.251 e. The molecule has 0 aliphatic rings. The summed E-state index contributed by atoms with van der Waals surface area (Å²) in [6, 6.07) is 13.0. The van der Waals surface area contributed by atoms with Gasteiger partial charge in [-0.3, -0.25) is 4.79 Å². The average Bonchev–Trinajstić information content (AvgIpc) is 2.54. The van der Waals surface area contributed by atoms with E-state index in [1.807, 2.05) is 12.1 Å². The molecule has 0 spiro atoms. The second-order valence-corrected chi connectivity index (χ2v) is 6.87. The minimum Gasteiger partial charge on any atom is -0.348 e. The van der Waals surface area contributed by atoms with Gasteiger partial charge in [-0.05, 0) is 42.9 Å². The van der Waals surface area contributed by atoms with E-state index in [1.54, 1.807) is 18.2 Å². The molecular formula is C15H15ClN2O3S. The molecule has 2 aromatic rings. The van der Waals surface area contributed by atoms with Gasteiger partial charge in [0.25, 0.3) is 5.91 Å². The summed E-state index contributed by atoms with van der Waals surface area (Å²) in [6.07, 6.45) is 0. The first-order chi connectivity index (χ1) is 10.4. The summed E-state index contributed by atoms with van der Waals surface area (Å²) >= 11 is 5.79. The maximum absolute atomic E-state index is 12.1. The van der Waals surface area contributed by atoms with Crippen LogP contribution in [-0.4, -0.2) is 21.4 Å². The van der Waals surface area contributed by atoms with Crippen molar-refractivity contribution in [3.63, 3.8) is 0 Å². The molecule has 7 heteroatoms. The molecule has 0 bridgehead atoms. The SMILES string of the molecule is CNS(=O)(=O)c1cccc(C(=O)NCc2ccc(Cl)cc2)c1. The highest BCUT2D eigenvalue weighted by Gasteiger charge is 2.14. The zero-order valence-corrected chi connectivity index (χ0v) is 13.4. The van der Waals surface area contributed by atoms with Crippen molar-refractivity contribution < 1.29 is 13.2 Å². The second-order valence-electron chi connectivity index (χ2n) is 4.54. The molecule has 0 saturated carbocycles. The predicted octanol–water partition coefficient (Wildman–Crippen LogP) is 2.18. The summed E-state index contributed by atoms with van der Waals surface area (Å²) in [5, 5.41) is 3.36. The van der Waals surface area contributed by atoms with Crippen LogP contribution in [0.2, 0.25) is 5.02 Å². The van der Waals surface area contributed by atoms with Gasteiger partial charge in [-0.25, -0.2) is 13.1 Å². The molecule has 0 radical (unpaired) electrons. The van der Waals surface area contributed by atoms with Crippen molar-refractivity contribution >= 4 is 27.5 Å². The Morgan fingerprint density at radius 1 is 1.14 bits per heavy atom. The van der Waals surface area contributed by atoms with Gasteiger partial charge in [-0.2, -0.15) is 0 Å². The molecular weight excluding hydrogens is 324 g/mol. The molecule has 1 amide bonds. The lowest BCUT2D eigenvalue weighted by Crippen LogP contribution is -2.24. The molecule has 0 saturated heterocycles. The quantitative estimate of drug-likeness (QED) is 0.877. The number of halogens is 1. The van der Waals surface area contributed by atoms with Crippen molar-refractivity contribution in [2.24, 2.45) is 0 Å². The third kappa shape index (κ3) is 4.07.